The Morgan fingerprint density at radius 1 is 1.50 bits per heavy atom. The lowest BCUT2D eigenvalue weighted by molar-refractivity contribution is 0.605. The number of halogens is 1. The fourth-order valence-electron chi connectivity index (χ4n) is 1.20. The molecule has 0 aliphatic carbocycles. The summed E-state index contributed by atoms with van der Waals surface area (Å²) < 4.78 is 26.3. The molecule has 3 N–H and O–H groups in total. The van der Waals surface area contributed by atoms with Crippen molar-refractivity contribution in [3.05, 3.63) is 28.2 Å². The average molecular weight is 323 g/mol. The third kappa shape index (κ3) is 4.46. The zero-order valence-electron chi connectivity index (χ0n) is 8.53. The number of sulfonamides is 1. The lowest BCUT2D eigenvalue weighted by Crippen LogP contribution is -2.26. The molecule has 0 amide bonds. The van der Waals surface area contributed by atoms with E-state index in [2.05, 4.69) is 32.9 Å². The van der Waals surface area contributed by atoms with Crippen molar-refractivity contribution in [2.45, 2.75) is 6.92 Å². The number of benzene rings is 1. The lowest BCUT2D eigenvalue weighted by atomic mass is 10.2. The van der Waals surface area contributed by atoms with Crippen molar-refractivity contribution < 1.29 is 8.42 Å². The SMILES string of the molecule is Cc1cc(Br)cc(NS(=O)(=O)CC(N)=S)c1. The molecule has 0 spiro atoms. The van der Waals surface area contributed by atoms with E-state index in [4.69, 9.17) is 5.73 Å². The minimum absolute atomic E-state index is 0.0563. The molecule has 0 radical (unpaired) electrons. The molecule has 16 heavy (non-hydrogen) atoms. The molecule has 1 aromatic rings. The zero-order chi connectivity index (χ0) is 12.3. The van der Waals surface area contributed by atoms with Crippen molar-refractivity contribution in [3.8, 4) is 0 Å². The summed E-state index contributed by atoms with van der Waals surface area (Å²) in [7, 11) is -3.50. The molecule has 0 fully saturated rings. The molecule has 4 nitrogen and oxygen atoms in total. The topological polar surface area (TPSA) is 72.2 Å². The highest BCUT2D eigenvalue weighted by molar-refractivity contribution is 9.10. The second-order valence-electron chi connectivity index (χ2n) is 3.34. The predicted molar refractivity (Wildman–Crippen MR) is 73.1 cm³/mol. The highest BCUT2D eigenvalue weighted by atomic mass is 79.9. The Morgan fingerprint density at radius 3 is 2.62 bits per heavy atom. The standard InChI is InChI=1S/C9H11BrN2O2S2/c1-6-2-7(10)4-8(3-6)12-16(13,14)5-9(11)15/h2-4,12H,5H2,1H3,(H2,11,15). The zero-order valence-corrected chi connectivity index (χ0v) is 11.7. The van der Waals surface area contributed by atoms with Gasteiger partial charge >= 0.3 is 0 Å². The number of hydrogen-bond acceptors (Lipinski definition) is 3. The van der Waals surface area contributed by atoms with Gasteiger partial charge in [0.25, 0.3) is 0 Å². The van der Waals surface area contributed by atoms with Crippen molar-refractivity contribution in [2.24, 2.45) is 5.73 Å². The summed E-state index contributed by atoms with van der Waals surface area (Å²) in [4.78, 5) is -0.0563. The van der Waals surface area contributed by atoms with E-state index in [1.54, 1.807) is 12.1 Å². The van der Waals surface area contributed by atoms with E-state index in [1.165, 1.54) is 0 Å². The predicted octanol–water partition coefficient (Wildman–Crippen LogP) is 1.79. The third-order valence-electron chi connectivity index (χ3n) is 1.65. The van der Waals surface area contributed by atoms with E-state index in [0.29, 0.717) is 5.69 Å². The fourth-order valence-corrected chi connectivity index (χ4v) is 3.20. The Bertz CT molecular complexity index is 494. The number of nitrogens with one attached hydrogen (secondary N) is 1. The summed E-state index contributed by atoms with van der Waals surface area (Å²) in [5.74, 6) is -0.353. The fraction of sp³-hybridized carbons (Fsp3) is 0.222. The molecular weight excluding hydrogens is 312 g/mol. The van der Waals surface area contributed by atoms with Crippen molar-refractivity contribution >= 4 is 48.8 Å². The van der Waals surface area contributed by atoms with E-state index in [0.717, 1.165) is 10.0 Å². The summed E-state index contributed by atoms with van der Waals surface area (Å²) in [6.45, 7) is 1.87. The molecule has 0 saturated carbocycles. The molecule has 1 rings (SSSR count). The molecule has 0 saturated heterocycles. The van der Waals surface area contributed by atoms with Crippen molar-refractivity contribution in [2.75, 3.05) is 10.5 Å². The van der Waals surface area contributed by atoms with Crippen LogP contribution in [0, 0.1) is 6.92 Å². The smallest absolute Gasteiger partial charge is 0.239 e. The first kappa shape index (κ1) is 13.4. The van der Waals surface area contributed by atoms with Gasteiger partial charge in [-0.05, 0) is 30.7 Å². The van der Waals surface area contributed by atoms with E-state index in [9.17, 15) is 8.42 Å². The molecule has 7 heteroatoms. The van der Waals surface area contributed by atoms with Gasteiger partial charge in [0.1, 0.15) is 5.75 Å². The molecule has 0 bridgehead atoms. The van der Waals surface area contributed by atoms with Crippen LogP contribution < -0.4 is 10.5 Å². The number of aryl methyl sites for hydroxylation is 1. The molecule has 0 unspecified atom stereocenters. The molecule has 0 aromatic heterocycles. The Morgan fingerprint density at radius 2 is 2.12 bits per heavy atom. The van der Waals surface area contributed by atoms with Gasteiger partial charge in [-0.15, -0.1) is 0 Å². The van der Waals surface area contributed by atoms with Crippen molar-refractivity contribution in [3.63, 3.8) is 0 Å². The maximum atomic E-state index is 11.5. The minimum atomic E-state index is -3.50. The number of rotatable bonds is 4. The van der Waals surface area contributed by atoms with Gasteiger partial charge in [0.05, 0.1) is 4.99 Å². The monoisotopic (exact) mass is 322 g/mol. The first-order chi connectivity index (χ1) is 7.28. The quantitative estimate of drug-likeness (QED) is 0.829. The van der Waals surface area contributed by atoms with Crippen LogP contribution in [0.3, 0.4) is 0 Å². The number of anilines is 1. The van der Waals surface area contributed by atoms with Crippen LogP contribution >= 0.6 is 28.1 Å². The Hall–Kier alpha value is -0.660. The van der Waals surface area contributed by atoms with Crippen LogP contribution in [0.2, 0.25) is 0 Å². The third-order valence-corrected chi connectivity index (χ3v) is 3.67. The second-order valence-corrected chi connectivity index (χ2v) is 6.51. The summed E-state index contributed by atoms with van der Waals surface area (Å²) in [5, 5.41) is 0. The summed E-state index contributed by atoms with van der Waals surface area (Å²) in [6.07, 6.45) is 0. The van der Waals surface area contributed by atoms with Gasteiger partial charge < -0.3 is 5.73 Å². The van der Waals surface area contributed by atoms with E-state index >= 15 is 0 Å². The molecule has 1 aromatic carbocycles. The van der Waals surface area contributed by atoms with Gasteiger partial charge in [-0.25, -0.2) is 8.42 Å². The average Bonchev–Trinajstić information content (AvgIpc) is 1.95. The second kappa shape index (κ2) is 5.11. The van der Waals surface area contributed by atoms with E-state index in [1.807, 2.05) is 13.0 Å². The van der Waals surface area contributed by atoms with Gasteiger partial charge in [-0.1, -0.05) is 28.1 Å². The lowest BCUT2D eigenvalue weighted by Gasteiger charge is -2.08. The highest BCUT2D eigenvalue weighted by Crippen LogP contribution is 2.19. The Balaban J connectivity index is 2.92. The Labute approximate surface area is 108 Å². The maximum absolute atomic E-state index is 11.5. The van der Waals surface area contributed by atoms with Gasteiger partial charge in [-0.3, -0.25) is 4.72 Å². The largest absolute Gasteiger partial charge is 0.392 e. The first-order valence-electron chi connectivity index (χ1n) is 4.34. The first-order valence-corrected chi connectivity index (χ1v) is 7.20. The maximum Gasteiger partial charge on any atom is 0.239 e. The van der Waals surface area contributed by atoms with Crippen molar-refractivity contribution in [1.82, 2.24) is 0 Å². The van der Waals surface area contributed by atoms with Crippen LogP contribution in [0.1, 0.15) is 5.56 Å². The number of thiocarbonyl (C=S) groups is 1. The highest BCUT2D eigenvalue weighted by Gasteiger charge is 2.12. The van der Waals surface area contributed by atoms with Crippen LogP contribution in [-0.4, -0.2) is 19.2 Å². The van der Waals surface area contributed by atoms with E-state index < -0.39 is 10.0 Å². The van der Waals surface area contributed by atoms with Crippen LogP contribution in [-0.2, 0) is 10.0 Å². The number of hydrogen-bond donors (Lipinski definition) is 2. The van der Waals surface area contributed by atoms with Gasteiger partial charge in [0, 0.05) is 10.2 Å². The van der Waals surface area contributed by atoms with Crippen LogP contribution in [0.5, 0.6) is 0 Å². The molecule has 0 aliphatic heterocycles. The molecular formula is C9H11BrN2O2S2. The number of nitrogens with two attached hydrogens (primary N) is 1. The van der Waals surface area contributed by atoms with Crippen molar-refractivity contribution in [1.29, 1.82) is 0 Å². The normalized spacial score (nSPS) is 11.1. The van der Waals surface area contributed by atoms with Crippen LogP contribution in [0.4, 0.5) is 5.69 Å². The Kier molecular flexibility index (Phi) is 4.28. The van der Waals surface area contributed by atoms with E-state index in [-0.39, 0.29) is 10.7 Å². The molecule has 88 valence electrons. The van der Waals surface area contributed by atoms with Gasteiger partial charge in [0.15, 0.2) is 0 Å². The molecule has 0 heterocycles. The summed E-state index contributed by atoms with van der Waals surface area (Å²) >= 11 is 7.85. The van der Waals surface area contributed by atoms with Crippen LogP contribution in [0.15, 0.2) is 22.7 Å². The minimum Gasteiger partial charge on any atom is -0.392 e. The van der Waals surface area contributed by atoms with Gasteiger partial charge in [-0.2, -0.15) is 0 Å². The summed E-state index contributed by atoms with van der Waals surface area (Å²) in [6, 6.07) is 5.28. The molecule has 0 atom stereocenters. The van der Waals surface area contributed by atoms with Crippen LogP contribution in [0.25, 0.3) is 0 Å². The molecule has 0 aliphatic rings. The van der Waals surface area contributed by atoms with Gasteiger partial charge in [0.2, 0.25) is 10.0 Å². The summed E-state index contributed by atoms with van der Waals surface area (Å²) in [5.41, 5.74) is 6.63.